The molecule has 0 bridgehead atoms. The molecular weight excluding hydrogens is 393 g/mol. The maximum absolute atomic E-state index is 6.61. The lowest BCUT2D eigenvalue weighted by atomic mass is 10.2. The summed E-state index contributed by atoms with van der Waals surface area (Å²) in [6.45, 7) is 1.83. The van der Waals surface area contributed by atoms with Crippen LogP contribution in [0, 0.1) is 0 Å². The zero-order chi connectivity index (χ0) is 14.9. The topological polar surface area (TPSA) is 18.5 Å². The molecule has 0 amide bonds. The van der Waals surface area contributed by atoms with E-state index in [-0.39, 0.29) is 14.4 Å². The Labute approximate surface area is 158 Å². The van der Waals surface area contributed by atoms with Crippen molar-refractivity contribution in [2.45, 2.75) is 31.9 Å². The molecular formula is C14H22O2S6. The highest BCUT2D eigenvalue weighted by atomic mass is 32.2. The molecule has 0 saturated carbocycles. The highest BCUT2D eigenvalue weighted by molar-refractivity contribution is 8.24. The van der Waals surface area contributed by atoms with E-state index in [1.165, 1.54) is 41.6 Å². The van der Waals surface area contributed by atoms with E-state index < -0.39 is 0 Å². The van der Waals surface area contributed by atoms with Crippen LogP contribution in [0.15, 0.2) is 0 Å². The average molecular weight is 415 g/mol. The fourth-order valence-electron chi connectivity index (χ4n) is 3.26. The largest absolute Gasteiger partial charge is 0.365 e. The fourth-order valence-corrected chi connectivity index (χ4v) is 14.6. The second kappa shape index (κ2) is 7.72. The molecule has 2 nitrogen and oxygen atoms in total. The predicted octanol–water partition coefficient (Wildman–Crippen LogP) is 4.30. The average Bonchev–Trinajstić information content (AvgIpc) is 3.28. The van der Waals surface area contributed by atoms with Crippen molar-refractivity contribution in [1.82, 2.24) is 0 Å². The number of hydrogen-bond acceptors (Lipinski definition) is 8. The van der Waals surface area contributed by atoms with E-state index in [9.17, 15) is 0 Å². The van der Waals surface area contributed by atoms with Crippen molar-refractivity contribution in [2.24, 2.45) is 0 Å². The molecule has 4 aliphatic rings. The van der Waals surface area contributed by atoms with Crippen LogP contribution in [-0.2, 0) is 9.47 Å². The van der Waals surface area contributed by atoms with Gasteiger partial charge in [-0.1, -0.05) is 0 Å². The molecule has 0 aromatic carbocycles. The van der Waals surface area contributed by atoms with Crippen LogP contribution in [0.5, 0.6) is 0 Å². The maximum atomic E-state index is 6.61. The van der Waals surface area contributed by atoms with Gasteiger partial charge in [0.15, 0.2) is 4.93 Å². The lowest BCUT2D eigenvalue weighted by Crippen LogP contribution is -2.60. The van der Waals surface area contributed by atoms with Crippen molar-refractivity contribution >= 4 is 70.6 Å². The van der Waals surface area contributed by atoms with Crippen LogP contribution in [-0.4, -0.2) is 66.8 Å². The molecule has 4 saturated heterocycles. The maximum Gasteiger partial charge on any atom is 0.161 e. The van der Waals surface area contributed by atoms with Crippen LogP contribution in [0.2, 0.25) is 0 Å². The van der Waals surface area contributed by atoms with Crippen molar-refractivity contribution in [2.75, 3.05) is 47.7 Å². The Morgan fingerprint density at radius 2 is 1.55 bits per heavy atom. The van der Waals surface area contributed by atoms with Crippen molar-refractivity contribution in [3.8, 4) is 0 Å². The van der Waals surface area contributed by atoms with E-state index >= 15 is 0 Å². The minimum atomic E-state index is -0.0798. The van der Waals surface area contributed by atoms with Gasteiger partial charge in [-0.2, -0.15) is 0 Å². The molecule has 4 heterocycles. The quantitative estimate of drug-likeness (QED) is 0.672. The van der Waals surface area contributed by atoms with Crippen molar-refractivity contribution in [3.63, 3.8) is 0 Å². The Hall–Kier alpha value is 2.02. The summed E-state index contributed by atoms with van der Waals surface area (Å²) >= 11 is 12.7. The third-order valence-electron chi connectivity index (χ3n) is 4.19. The molecule has 4 fully saturated rings. The van der Waals surface area contributed by atoms with E-state index in [1.807, 2.05) is 11.8 Å². The SMILES string of the molecule is C1COC(C2(C3(C4SCCS4)OCCS3)SCCCS2)SC1. The fraction of sp³-hybridized carbons (Fsp3) is 1.00. The first-order valence-electron chi connectivity index (χ1n) is 7.90. The molecule has 8 heteroatoms. The van der Waals surface area contributed by atoms with Crippen LogP contribution in [0.4, 0.5) is 0 Å². The number of thioether (sulfide) groups is 6. The van der Waals surface area contributed by atoms with Gasteiger partial charge in [0.25, 0.3) is 0 Å². The molecule has 0 spiro atoms. The lowest BCUT2D eigenvalue weighted by molar-refractivity contribution is 0.00991. The van der Waals surface area contributed by atoms with E-state index in [4.69, 9.17) is 9.47 Å². The molecule has 22 heavy (non-hydrogen) atoms. The minimum Gasteiger partial charge on any atom is -0.365 e. The van der Waals surface area contributed by atoms with E-state index in [2.05, 4.69) is 58.8 Å². The predicted molar refractivity (Wildman–Crippen MR) is 109 cm³/mol. The first-order chi connectivity index (χ1) is 10.9. The van der Waals surface area contributed by atoms with Crippen LogP contribution in [0.3, 0.4) is 0 Å². The van der Waals surface area contributed by atoms with Gasteiger partial charge >= 0.3 is 0 Å². The van der Waals surface area contributed by atoms with E-state index in [1.54, 1.807) is 0 Å². The van der Waals surface area contributed by atoms with Crippen LogP contribution in [0.1, 0.15) is 12.8 Å². The molecule has 0 aromatic rings. The highest BCUT2D eigenvalue weighted by Crippen LogP contribution is 2.66. The molecule has 2 atom stereocenters. The number of hydrogen-bond donors (Lipinski definition) is 0. The smallest absolute Gasteiger partial charge is 0.161 e. The standard InChI is InChI=1S/C14H22O2S6/c1-3-15-11(17-5-1)14(21-6-2-7-22-14)13(16-4-8-20-13)12-18-9-10-19-12/h11-12H,1-10H2. The Kier molecular flexibility index (Phi) is 6.12. The highest BCUT2D eigenvalue weighted by Gasteiger charge is 2.66. The minimum absolute atomic E-state index is 0.0620. The first-order valence-corrected chi connectivity index (χ1v) is 14.0. The summed E-state index contributed by atoms with van der Waals surface area (Å²) in [5.41, 5.74) is 0.281. The second-order valence-corrected chi connectivity index (χ2v) is 13.7. The monoisotopic (exact) mass is 414 g/mol. The summed E-state index contributed by atoms with van der Waals surface area (Å²) in [4.78, 5) is -0.0798. The Morgan fingerprint density at radius 3 is 2.18 bits per heavy atom. The Balaban J connectivity index is 1.70. The number of ether oxygens (including phenoxy) is 2. The van der Waals surface area contributed by atoms with Crippen molar-refractivity contribution < 1.29 is 9.47 Å². The van der Waals surface area contributed by atoms with Gasteiger partial charge < -0.3 is 9.47 Å². The van der Waals surface area contributed by atoms with Gasteiger partial charge in [0.2, 0.25) is 0 Å². The molecule has 4 rings (SSSR count). The summed E-state index contributed by atoms with van der Waals surface area (Å²) in [5, 5.41) is 0. The molecule has 4 aliphatic heterocycles. The molecule has 0 N–H and O–H groups in total. The summed E-state index contributed by atoms with van der Waals surface area (Å²) < 4.78 is 13.6. The third kappa shape index (κ3) is 2.99. The second-order valence-electron chi connectivity index (χ2n) is 5.58. The molecule has 0 aliphatic carbocycles. The van der Waals surface area contributed by atoms with Gasteiger partial charge in [-0.05, 0) is 30.1 Å². The van der Waals surface area contributed by atoms with Gasteiger partial charge in [0, 0.05) is 23.9 Å². The van der Waals surface area contributed by atoms with Crippen molar-refractivity contribution in [3.05, 3.63) is 0 Å². The van der Waals surface area contributed by atoms with Crippen LogP contribution in [0.25, 0.3) is 0 Å². The number of rotatable bonds is 3. The summed E-state index contributed by atoms with van der Waals surface area (Å²) in [6.07, 6.45) is 2.51. The Morgan fingerprint density at radius 1 is 0.727 bits per heavy atom. The summed E-state index contributed by atoms with van der Waals surface area (Å²) in [6, 6.07) is 0. The van der Waals surface area contributed by atoms with E-state index in [0.717, 1.165) is 19.0 Å². The van der Waals surface area contributed by atoms with Crippen LogP contribution >= 0.6 is 70.6 Å². The molecule has 2 unspecified atom stereocenters. The van der Waals surface area contributed by atoms with Gasteiger partial charge in [-0.3, -0.25) is 0 Å². The molecule has 0 aromatic heterocycles. The third-order valence-corrected chi connectivity index (χ3v) is 14.6. The summed E-state index contributed by atoms with van der Waals surface area (Å²) in [7, 11) is 0. The first kappa shape index (κ1) is 17.4. The van der Waals surface area contributed by atoms with Gasteiger partial charge in [-0.25, -0.2) is 0 Å². The zero-order valence-corrected chi connectivity index (χ0v) is 17.4. The van der Waals surface area contributed by atoms with Crippen LogP contribution < -0.4 is 0 Å². The van der Waals surface area contributed by atoms with Gasteiger partial charge in [0.1, 0.15) is 9.52 Å². The Bertz CT molecular complexity index is 372. The van der Waals surface area contributed by atoms with Gasteiger partial charge in [-0.15, -0.1) is 70.6 Å². The zero-order valence-electron chi connectivity index (χ0n) is 12.5. The summed E-state index contributed by atoms with van der Waals surface area (Å²) in [5.74, 6) is 7.41. The molecule has 126 valence electrons. The normalized spacial score (nSPS) is 40.1. The van der Waals surface area contributed by atoms with E-state index in [0.29, 0.717) is 4.58 Å². The van der Waals surface area contributed by atoms with Gasteiger partial charge in [0.05, 0.1) is 11.2 Å². The lowest BCUT2D eigenvalue weighted by Gasteiger charge is -2.53. The molecule has 0 radical (unpaired) electrons. The van der Waals surface area contributed by atoms with Crippen molar-refractivity contribution in [1.29, 1.82) is 0 Å².